The second kappa shape index (κ2) is 13.1. The van der Waals surface area contributed by atoms with Crippen LogP contribution in [0.25, 0.3) is 16.9 Å². The summed E-state index contributed by atoms with van der Waals surface area (Å²) in [5, 5.41) is 12.0. The number of urea groups is 1. The normalized spacial score (nSPS) is 12.3. The molecular weight excluding hydrogens is 470 g/mol. The monoisotopic (exact) mass is 503 g/mol. The molecule has 0 aromatic carbocycles. The second-order valence-electron chi connectivity index (χ2n) is 8.32. The van der Waals surface area contributed by atoms with E-state index in [2.05, 4.69) is 34.5 Å². The molecule has 37 heavy (non-hydrogen) atoms. The number of hydrogen-bond acceptors (Lipinski definition) is 7. The van der Waals surface area contributed by atoms with E-state index in [-0.39, 0.29) is 24.5 Å². The number of methoxy groups -OCH3 is 1. The molecule has 0 saturated heterocycles. The highest BCUT2D eigenvalue weighted by Gasteiger charge is 2.25. The maximum absolute atomic E-state index is 13.1. The molecule has 10 nitrogen and oxygen atoms in total. The van der Waals surface area contributed by atoms with Crippen molar-refractivity contribution in [2.24, 2.45) is 0 Å². The minimum atomic E-state index is -0.360. The van der Waals surface area contributed by atoms with Crippen LogP contribution in [0.1, 0.15) is 44.8 Å². The summed E-state index contributed by atoms with van der Waals surface area (Å²) < 4.78 is 13.3. The van der Waals surface area contributed by atoms with E-state index in [4.69, 9.17) is 19.7 Å². The molecule has 1 unspecified atom stereocenters. The summed E-state index contributed by atoms with van der Waals surface area (Å²) in [4.78, 5) is 28.4. The maximum atomic E-state index is 13.1. The van der Waals surface area contributed by atoms with Crippen LogP contribution in [0.2, 0.25) is 0 Å². The summed E-state index contributed by atoms with van der Waals surface area (Å²) in [6, 6.07) is 3.04. The number of nitrogens with one attached hydrogen (secondary N) is 1. The number of carbonyl (C=O) groups excluding carboxylic acids is 1. The molecule has 3 rings (SSSR count). The van der Waals surface area contributed by atoms with Gasteiger partial charge in [0, 0.05) is 36.7 Å². The third kappa shape index (κ3) is 6.44. The Labute approximate surface area is 217 Å². The van der Waals surface area contributed by atoms with Gasteiger partial charge in [-0.15, -0.1) is 13.2 Å². The van der Waals surface area contributed by atoms with Crippen LogP contribution in [0.3, 0.4) is 0 Å². The van der Waals surface area contributed by atoms with Crippen LogP contribution < -0.4 is 14.8 Å². The van der Waals surface area contributed by atoms with Crippen molar-refractivity contribution < 1.29 is 14.3 Å². The fourth-order valence-electron chi connectivity index (χ4n) is 3.93. The molecule has 10 heteroatoms. The lowest BCUT2D eigenvalue weighted by Gasteiger charge is -2.30. The van der Waals surface area contributed by atoms with Crippen LogP contribution in [-0.2, 0) is 0 Å². The Kier molecular flexibility index (Phi) is 9.61. The van der Waals surface area contributed by atoms with Gasteiger partial charge in [0.05, 0.1) is 49.8 Å². The Bertz CT molecular complexity index is 1280. The van der Waals surface area contributed by atoms with Crippen molar-refractivity contribution in [1.82, 2.24) is 29.6 Å². The van der Waals surface area contributed by atoms with Gasteiger partial charge in [-0.05, 0) is 32.8 Å². The van der Waals surface area contributed by atoms with Crippen molar-refractivity contribution in [1.29, 1.82) is 5.26 Å². The lowest BCUT2D eigenvalue weighted by atomic mass is 10.1. The number of rotatable bonds is 13. The number of aromatic nitrogens is 4. The highest BCUT2D eigenvalue weighted by Crippen LogP contribution is 2.33. The molecule has 0 radical (unpaired) electrons. The average Bonchev–Trinajstić information content (AvgIpc) is 3.38. The predicted octanol–water partition coefficient (Wildman–Crippen LogP) is 4.71. The Morgan fingerprint density at radius 3 is 2.84 bits per heavy atom. The fraction of sp³-hybridized carbons (Fsp3) is 0.370. The first kappa shape index (κ1) is 27.2. The van der Waals surface area contributed by atoms with Crippen molar-refractivity contribution in [3.8, 4) is 29.0 Å². The van der Waals surface area contributed by atoms with Crippen LogP contribution in [0.4, 0.5) is 4.79 Å². The van der Waals surface area contributed by atoms with E-state index in [0.717, 1.165) is 0 Å². The van der Waals surface area contributed by atoms with Gasteiger partial charge in [-0.2, -0.15) is 5.26 Å². The Morgan fingerprint density at radius 2 is 2.16 bits per heavy atom. The SMILES string of the molecule is C=CCCOc1nc(-c2cc([C@@H](C)N(CC)C(=O)NC(CC#N)CC=C)ncc2OC)cn2ccnc12. The van der Waals surface area contributed by atoms with Crippen molar-refractivity contribution in [2.45, 2.75) is 45.2 Å². The highest BCUT2D eigenvalue weighted by molar-refractivity contribution is 5.75. The van der Waals surface area contributed by atoms with Gasteiger partial charge in [-0.3, -0.25) is 4.98 Å². The van der Waals surface area contributed by atoms with E-state index < -0.39 is 0 Å². The zero-order valence-electron chi connectivity index (χ0n) is 21.6. The molecule has 0 aliphatic rings. The van der Waals surface area contributed by atoms with Crippen molar-refractivity contribution in [2.75, 3.05) is 20.3 Å². The Hall–Kier alpha value is -4.39. The predicted molar refractivity (Wildman–Crippen MR) is 141 cm³/mol. The number of carbonyl (C=O) groups is 1. The second-order valence-corrected chi connectivity index (χ2v) is 8.32. The number of pyridine rings is 1. The zero-order chi connectivity index (χ0) is 26.8. The number of nitrogens with zero attached hydrogens (tertiary/aromatic N) is 6. The van der Waals surface area contributed by atoms with Crippen LogP contribution in [0, 0.1) is 11.3 Å². The molecule has 3 heterocycles. The van der Waals surface area contributed by atoms with Crippen LogP contribution in [0.15, 0.2) is 56.2 Å². The quantitative estimate of drug-likeness (QED) is 0.265. The largest absolute Gasteiger partial charge is 0.494 e. The Balaban J connectivity index is 1.96. The molecule has 0 fully saturated rings. The molecule has 194 valence electrons. The first-order chi connectivity index (χ1) is 18.0. The van der Waals surface area contributed by atoms with E-state index in [1.165, 1.54) is 0 Å². The number of amides is 2. The summed E-state index contributed by atoms with van der Waals surface area (Å²) in [5.41, 5.74) is 2.58. The van der Waals surface area contributed by atoms with Gasteiger partial charge in [0.2, 0.25) is 5.65 Å². The summed E-state index contributed by atoms with van der Waals surface area (Å²) in [6.45, 7) is 12.1. The smallest absolute Gasteiger partial charge is 0.318 e. The third-order valence-electron chi connectivity index (χ3n) is 5.90. The number of ether oxygens (including phenoxy) is 2. The number of imidazole rings is 1. The van der Waals surface area contributed by atoms with E-state index in [1.54, 1.807) is 36.6 Å². The van der Waals surface area contributed by atoms with Gasteiger partial charge in [-0.25, -0.2) is 14.8 Å². The first-order valence-corrected chi connectivity index (χ1v) is 12.1. The molecule has 3 aromatic heterocycles. The average molecular weight is 504 g/mol. The van der Waals surface area contributed by atoms with Crippen LogP contribution in [-0.4, -0.2) is 56.6 Å². The fourth-order valence-corrected chi connectivity index (χ4v) is 3.93. The molecular formula is C27H33N7O3. The van der Waals surface area contributed by atoms with Crippen molar-refractivity contribution in [3.63, 3.8) is 0 Å². The van der Waals surface area contributed by atoms with Crippen LogP contribution >= 0.6 is 0 Å². The maximum Gasteiger partial charge on any atom is 0.318 e. The van der Waals surface area contributed by atoms with Gasteiger partial charge < -0.3 is 24.1 Å². The summed E-state index contributed by atoms with van der Waals surface area (Å²) in [5.74, 6) is 0.936. The first-order valence-electron chi connectivity index (χ1n) is 12.1. The molecule has 1 N–H and O–H groups in total. The highest BCUT2D eigenvalue weighted by atomic mass is 16.5. The standard InChI is InChI=1S/C27H33N7O3/c1-6-9-15-37-26-25-29-13-14-33(25)18-23(32-26)21-16-22(30-17-24(21)36-5)19(4)34(8-3)27(35)31-20(10-7-2)11-12-28/h6-7,13-14,16-20H,1-2,8-11,15H2,3-5H3,(H,31,35)/t19-,20?/m1/s1. The molecule has 0 spiro atoms. The summed E-state index contributed by atoms with van der Waals surface area (Å²) >= 11 is 0. The molecule has 3 aromatic rings. The molecule has 0 saturated carbocycles. The molecule has 2 atom stereocenters. The van der Waals surface area contributed by atoms with Gasteiger partial charge in [-0.1, -0.05) is 12.2 Å². The topological polar surface area (TPSA) is 118 Å². The van der Waals surface area contributed by atoms with Crippen LogP contribution in [0.5, 0.6) is 11.6 Å². The van der Waals surface area contributed by atoms with Crippen molar-refractivity contribution >= 4 is 11.7 Å². The summed E-state index contributed by atoms with van der Waals surface area (Å²) in [7, 11) is 1.57. The molecule has 0 aliphatic heterocycles. The lowest BCUT2D eigenvalue weighted by Crippen LogP contribution is -2.45. The summed E-state index contributed by atoms with van der Waals surface area (Å²) in [6.07, 6.45) is 11.8. The minimum Gasteiger partial charge on any atom is -0.494 e. The number of fused-ring (bicyclic) bond motifs is 1. The van der Waals surface area contributed by atoms with Gasteiger partial charge >= 0.3 is 6.03 Å². The van der Waals surface area contributed by atoms with Gasteiger partial charge in [0.1, 0.15) is 5.75 Å². The molecule has 0 aliphatic carbocycles. The van der Waals surface area contributed by atoms with Crippen molar-refractivity contribution in [3.05, 3.63) is 61.9 Å². The minimum absolute atomic E-state index is 0.203. The molecule has 0 bridgehead atoms. The number of nitriles is 1. The van der Waals surface area contributed by atoms with E-state index in [9.17, 15) is 4.79 Å². The zero-order valence-corrected chi connectivity index (χ0v) is 21.6. The van der Waals surface area contributed by atoms with E-state index in [0.29, 0.717) is 60.2 Å². The third-order valence-corrected chi connectivity index (χ3v) is 5.90. The van der Waals surface area contributed by atoms with Gasteiger partial charge in [0.25, 0.3) is 5.88 Å². The number of hydrogen-bond donors (Lipinski definition) is 1. The van der Waals surface area contributed by atoms with E-state index >= 15 is 0 Å². The lowest BCUT2D eigenvalue weighted by molar-refractivity contribution is 0.178. The van der Waals surface area contributed by atoms with Gasteiger partial charge in [0.15, 0.2) is 0 Å². The Morgan fingerprint density at radius 1 is 1.35 bits per heavy atom. The van der Waals surface area contributed by atoms with E-state index in [1.807, 2.05) is 36.7 Å². The molecule has 2 amide bonds.